The normalized spacial score (nSPS) is 13.6. The van der Waals surface area contributed by atoms with Crippen molar-refractivity contribution in [3.05, 3.63) is 0 Å². The fourth-order valence-corrected chi connectivity index (χ4v) is 1.71. The third kappa shape index (κ3) is 7.06. The minimum Gasteiger partial charge on any atom is -0.393 e. The molecule has 0 spiro atoms. The lowest BCUT2D eigenvalue weighted by Crippen LogP contribution is -2.04. The molecule has 0 radical (unpaired) electrons. The molecule has 1 N–H and O–H groups in total. The first-order valence-corrected chi connectivity index (χ1v) is 5.92. The number of aliphatic hydroxyl groups is 1. The maximum atomic E-state index is 9.34. The Kier molecular flexibility index (Phi) is 8.53. The molecule has 13 heavy (non-hydrogen) atoms. The van der Waals surface area contributed by atoms with Gasteiger partial charge in [0.05, 0.1) is 6.10 Å². The second kappa shape index (κ2) is 8.55. The molecule has 0 amide bonds. The molecule has 0 fully saturated rings. The van der Waals surface area contributed by atoms with Gasteiger partial charge in [0, 0.05) is 0 Å². The van der Waals surface area contributed by atoms with E-state index < -0.39 is 0 Å². The summed E-state index contributed by atoms with van der Waals surface area (Å²) in [6.07, 6.45) is 8.32. The average Bonchev–Trinajstić information content (AvgIpc) is 2.18. The smallest absolute Gasteiger partial charge is 0.0537 e. The standard InChI is InChI=1S/C12H26O/c1-4-11(5-2)9-7-8-10-12(13)6-3/h11-13H,4-10H2,1-3H3. The van der Waals surface area contributed by atoms with Crippen molar-refractivity contribution in [3.63, 3.8) is 0 Å². The summed E-state index contributed by atoms with van der Waals surface area (Å²) in [4.78, 5) is 0. The van der Waals surface area contributed by atoms with E-state index in [1.54, 1.807) is 0 Å². The first-order valence-electron chi connectivity index (χ1n) is 5.92. The topological polar surface area (TPSA) is 20.2 Å². The van der Waals surface area contributed by atoms with Gasteiger partial charge >= 0.3 is 0 Å². The second-order valence-corrected chi connectivity index (χ2v) is 4.03. The minimum absolute atomic E-state index is 0.0540. The molecule has 0 aromatic heterocycles. The van der Waals surface area contributed by atoms with E-state index in [-0.39, 0.29) is 6.10 Å². The molecule has 1 nitrogen and oxygen atoms in total. The number of hydrogen-bond donors (Lipinski definition) is 1. The van der Waals surface area contributed by atoms with E-state index in [1.807, 2.05) is 6.92 Å². The summed E-state index contributed by atoms with van der Waals surface area (Å²) in [5.41, 5.74) is 0. The molecule has 1 atom stereocenters. The zero-order chi connectivity index (χ0) is 10.1. The van der Waals surface area contributed by atoms with Crippen molar-refractivity contribution in [2.75, 3.05) is 0 Å². The van der Waals surface area contributed by atoms with Gasteiger partial charge in [-0.25, -0.2) is 0 Å². The average molecular weight is 186 g/mol. The zero-order valence-electron chi connectivity index (χ0n) is 9.55. The van der Waals surface area contributed by atoms with E-state index in [0.717, 1.165) is 18.8 Å². The van der Waals surface area contributed by atoms with Crippen molar-refractivity contribution in [1.29, 1.82) is 0 Å². The molecule has 0 aliphatic carbocycles. The van der Waals surface area contributed by atoms with Crippen LogP contribution in [0.1, 0.15) is 65.7 Å². The maximum absolute atomic E-state index is 9.34. The van der Waals surface area contributed by atoms with Gasteiger partial charge in [-0.2, -0.15) is 0 Å². The molecule has 0 aromatic rings. The number of hydrogen-bond acceptors (Lipinski definition) is 1. The van der Waals surface area contributed by atoms with Crippen LogP contribution in [0.3, 0.4) is 0 Å². The Morgan fingerprint density at radius 1 is 0.846 bits per heavy atom. The summed E-state index contributed by atoms with van der Waals surface area (Å²) < 4.78 is 0. The van der Waals surface area contributed by atoms with Gasteiger partial charge < -0.3 is 5.11 Å². The van der Waals surface area contributed by atoms with Crippen LogP contribution in [0.4, 0.5) is 0 Å². The number of aliphatic hydroxyl groups excluding tert-OH is 1. The van der Waals surface area contributed by atoms with E-state index in [2.05, 4.69) is 13.8 Å². The van der Waals surface area contributed by atoms with Crippen LogP contribution in [0.2, 0.25) is 0 Å². The first kappa shape index (κ1) is 13.0. The van der Waals surface area contributed by atoms with Gasteiger partial charge in [0.15, 0.2) is 0 Å². The monoisotopic (exact) mass is 186 g/mol. The predicted octanol–water partition coefficient (Wildman–Crippen LogP) is 3.75. The fourth-order valence-electron chi connectivity index (χ4n) is 1.71. The molecule has 1 unspecified atom stereocenters. The van der Waals surface area contributed by atoms with Crippen LogP contribution in [0.15, 0.2) is 0 Å². The Labute approximate surface area is 83.5 Å². The lowest BCUT2D eigenvalue weighted by molar-refractivity contribution is 0.155. The molecule has 0 rings (SSSR count). The number of rotatable bonds is 8. The molecule has 0 aliphatic rings. The Morgan fingerprint density at radius 3 is 1.85 bits per heavy atom. The van der Waals surface area contributed by atoms with Crippen molar-refractivity contribution in [3.8, 4) is 0 Å². The Morgan fingerprint density at radius 2 is 1.38 bits per heavy atom. The van der Waals surface area contributed by atoms with Gasteiger partial charge in [0.25, 0.3) is 0 Å². The van der Waals surface area contributed by atoms with Crippen molar-refractivity contribution in [2.24, 2.45) is 5.92 Å². The van der Waals surface area contributed by atoms with Crippen molar-refractivity contribution >= 4 is 0 Å². The molecule has 1 heteroatoms. The van der Waals surface area contributed by atoms with Crippen LogP contribution in [-0.4, -0.2) is 11.2 Å². The molecule has 0 saturated heterocycles. The van der Waals surface area contributed by atoms with Crippen LogP contribution in [-0.2, 0) is 0 Å². The Hall–Kier alpha value is -0.0400. The molecular formula is C12H26O. The van der Waals surface area contributed by atoms with Gasteiger partial charge in [0.1, 0.15) is 0 Å². The summed E-state index contributed by atoms with van der Waals surface area (Å²) in [7, 11) is 0. The van der Waals surface area contributed by atoms with E-state index in [0.29, 0.717) is 0 Å². The minimum atomic E-state index is -0.0540. The highest BCUT2D eigenvalue weighted by molar-refractivity contribution is 4.57. The molecule has 0 heterocycles. The lowest BCUT2D eigenvalue weighted by atomic mass is 9.95. The van der Waals surface area contributed by atoms with Crippen LogP contribution in [0, 0.1) is 5.92 Å². The summed E-state index contributed by atoms with van der Waals surface area (Å²) in [6.45, 7) is 6.59. The fraction of sp³-hybridized carbons (Fsp3) is 1.00. The van der Waals surface area contributed by atoms with Gasteiger partial charge in [-0.05, 0) is 18.8 Å². The molecule has 0 aromatic carbocycles. The molecule has 80 valence electrons. The summed E-state index contributed by atoms with van der Waals surface area (Å²) in [6, 6.07) is 0. The predicted molar refractivity (Wildman–Crippen MR) is 58.8 cm³/mol. The van der Waals surface area contributed by atoms with Crippen molar-refractivity contribution in [1.82, 2.24) is 0 Å². The lowest BCUT2D eigenvalue weighted by Gasteiger charge is -2.12. The SMILES string of the molecule is CCC(O)CCCCC(CC)CC. The third-order valence-corrected chi connectivity index (χ3v) is 3.03. The quantitative estimate of drug-likeness (QED) is 0.572. The highest BCUT2D eigenvalue weighted by Gasteiger charge is 2.04. The Bertz CT molecular complexity index is 97.3. The second-order valence-electron chi connectivity index (χ2n) is 4.03. The molecule has 0 saturated carbocycles. The molecule has 0 aliphatic heterocycles. The summed E-state index contributed by atoms with van der Waals surface area (Å²) in [5.74, 6) is 0.916. The van der Waals surface area contributed by atoms with Gasteiger partial charge in [-0.3, -0.25) is 0 Å². The maximum Gasteiger partial charge on any atom is 0.0537 e. The first-order chi connectivity index (χ1) is 6.24. The van der Waals surface area contributed by atoms with Crippen LogP contribution in [0.25, 0.3) is 0 Å². The van der Waals surface area contributed by atoms with Crippen LogP contribution in [0.5, 0.6) is 0 Å². The third-order valence-electron chi connectivity index (χ3n) is 3.03. The Balaban J connectivity index is 3.23. The summed E-state index contributed by atoms with van der Waals surface area (Å²) >= 11 is 0. The number of unbranched alkanes of at least 4 members (excludes halogenated alkanes) is 1. The van der Waals surface area contributed by atoms with Gasteiger partial charge in [0.2, 0.25) is 0 Å². The van der Waals surface area contributed by atoms with Crippen molar-refractivity contribution < 1.29 is 5.11 Å². The zero-order valence-corrected chi connectivity index (χ0v) is 9.55. The highest BCUT2D eigenvalue weighted by Crippen LogP contribution is 2.17. The van der Waals surface area contributed by atoms with Crippen molar-refractivity contribution in [2.45, 2.75) is 71.8 Å². The van der Waals surface area contributed by atoms with E-state index >= 15 is 0 Å². The van der Waals surface area contributed by atoms with Gasteiger partial charge in [-0.1, -0.05) is 52.9 Å². The highest BCUT2D eigenvalue weighted by atomic mass is 16.3. The van der Waals surface area contributed by atoms with Crippen LogP contribution < -0.4 is 0 Å². The van der Waals surface area contributed by atoms with E-state index in [4.69, 9.17) is 0 Å². The largest absolute Gasteiger partial charge is 0.393 e. The molecular weight excluding hydrogens is 160 g/mol. The van der Waals surface area contributed by atoms with Crippen LogP contribution >= 0.6 is 0 Å². The van der Waals surface area contributed by atoms with E-state index in [1.165, 1.54) is 32.1 Å². The summed E-state index contributed by atoms with van der Waals surface area (Å²) in [5, 5.41) is 9.34. The van der Waals surface area contributed by atoms with Gasteiger partial charge in [-0.15, -0.1) is 0 Å². The molecule has 0 bridgehead atoms. The van der Waals surface area contributed by atoms with E-state index in [9.17, 15) is 5.11 Å².